The molecule has 1 aromatic carbocycles. The third-order valence-electron chi connectivity index (χ3n) is 3.24. The molecule has 20 heavy (non-hydrogen) atoms. The summed E-state index contributed by atoms with van der Waals surface area (Å²) >= 11 is 0. The minimum Gasteiger partial charge on any atom is -0.465 e. The van der Waals surface area contributed by atoms with Crippen molar-refractivity contribution in [3.05, 3.63) is 29.8 Å². The Bertz CT molecular complexity index is 498. The first kappa shape index (κ1) is 14.3. The fourth-order valence-corrected chi connectivity index (χ4v) is 2.12. The van der Waals surface area contributed by atoms with Crippen LogP contribution in [0.4, 0.5) is 10.5 Å². The lowest BCUT2D eigenvalue weighted by Gasteiger charge is -2.31. The average molecular weight is 278 g/mol. The third kappa shape index (κ3) is 2.91. The number of nitrogens with zero attached hydrogens (tertiary/aromatic N) is 2. The molecule has 2 amide bonds. The monoisotopic (exact) mass is 278 g/mol. The number of ether oxygens (including phenoxy) is 2. The second-order valence-electron chi connectivity index (χ2n) is 4.45. The van der Waals surface area contributed by atoms with Crippen molar-refractivity contribution in [1.29, 1.82) is 0 Å². The zero-order chi connectivity index (χ0) is 14.5. The number of benzene rings is 1. The molecular weight excluding hydrogens is 260 g/mol. The van der Waals surface area contributed by atoms with Gasteiger partial charge in [-0.05, 0) is 12.1 Å². The van der Waals surface area contributed by atoms with E-state index in [1.54, 1.807) is 36.2 Å². The van der Waals surface area contributed by atoms with Crippen LogP contribution < -0.4 is 4.90 Å². The van der Waals surface area contributed by atoms with Gasteiger partial charge in [-0.1, -0.05) is 12.1 Å². The smallest absolute Gasteiger partial charge is 0.339 e. The molecule has 0 bridgehead atoms. The van der Waals surface area contributed by atoms with Gasteiger partial charge in [0, 0.05) is 20.1 Å². The Hall–Kier alpha value is -2.08. The van der Waals surface area contributed by atoms with Gasteiger partial charge < -0.3 is 14.4 Å². The molecular formula is C14H18N2O4. The van der Waals surface area contributed by atoms with Crippen molar-refractivity contribution in [2.45, 2.75) is 0 Å². The molecule has 1 fully saturated rings. The van der Waals surface area contributed by atoms with Crippen LogP contribution in [0.15, 0.2) is 24.3 Å². The molecule has 0 saturated carbocycles. The van der Waals surface area contributed by atoms with Gasteiger partial charge in [0.25, 0.3) is 0 Å². The zero-order valence-corrected chi connectivity index (χ0v) is 11.7. The fourth-order valence-electron chi connectivity index (χ4n) is 2.12. The molecule has 1 aliphatic rings. The summed E-state index contributed by atoms with van der Waals surface area (Å²) in [6.45, 7) is 2.20. The summed E-state index contributed by atoms with van der Waals surface area (Å²) in [5.41, 5.74) is 0.912. The van der Waals surface area contributed by atoms with Crippen molar-refractivity contribution in [3.8, 4) is 0 Å². The largest absolute Gasteiger partial charge is 0.465 e. The van der Waals surface area contributed by atoms with Crippen LogP contribution in [0.5, 0.6) is 0 Å². The van der Waals surface area contributed by atoms with E-state index in [0.717, 1.165) is 0 Å². The summed E-state index contributed by atoms with van der Waals surface area (Å²) in [5.74, 6) is -0.456. The van der Waals surface area contributed by atoms with Gasteiger partial charge in [-0.15, -0.1) is 0 Å². The summed E-state index contributed by atoms with van der Waals surface area (Å²) in [7, 11) is 2.97. The number of carbonyl (C=O) groups excluding carboxylic acids is 2. The van der Waals surface area contributed by atoms with Gasteiger partial charge >= 0.3 is 12.0 Å². The van der Waals surface area contributed by atoms with Crippen LogP contribution in [0.3, 0.4) is 0 Å². The number of methoxy groups -OCH3 is 1. The molecule has 0 unspecified atom stereocenters. The number of hydrogen-bond acceptors (Lipinski definition) is 4. The van der Waals surface area contributed by atoms with Crippen LogP contribution in [0, 0.1) is 0 Å². The first-order valence-electron chi connectivity index (χ1n) is 6.43. The van der Waals surface area contributed by atoms with E-state index in [-0.39, 0.29) is 6.03 Å². The van der Waals surface area contributed by atoms with Crippen molar-refractivity contribution in [1.82, 2.24) is 4.90 Å². The van der Waals surface area contributed by atoms with E-state index >= 15 is 0 Å². The molecule has 0 aromatic heterocycles. The van der Waals surface area contributed by atoms with Crippen LogP contribution in [-0.2, 0) is 9.47 Å². The maximum absolute atomic E-state index is 12.4. The lowest BCUT2D eigenvalue weighted by Crippen LogP contribution is -2.47. The Morgan fingerprint density at radius 2 is 1.90 bits per heavy atom. The van der Waals surface area contributed by atoms with Gasteiger partial charge in [-0.2, -0.15) is 0 Å². The Labute approximate surface area is 117 Å². The standard InChI is InChI=1S/C14H18N2O4/c1-15(14(18)16-7-9-20-10-8-16)12-6-4-3-5-11(12)13(17)19-2/h3-6H,7-10H2,1-2H3. The Morgan fingerprint density at radius 3 is 2.55 bits per heavy atom. The number of amides is 2. The molecule has 0 spiro atoms. The maximum Gasteiger partial charge on any atom is 0.339 e. The predicted octanol–water partition coefficient (Wildman–Crippen LogP) is 1.36. The number of hydrogen-bond donors (Lipinski definition) is 0. The lowest BCUT2D eigenvalue weighted by molar-refractivity contribution is 0.0550. The number of rotatable bonds is 2. The van der Waals surface area contributed by atoms with E-state index in [0.29, 0.717) is 37.6 Å². The second kappa shape index (κ2) is 6.38. The summed E-state index contributed by atoms with van der Waals surface area (Å²) in [5, 5.41) is 0. The molecule has 1 saturated heterocycles. The van der Waals surface area contributed by atoms with Crippen LogP contribution in [0.1, 0.15) is 10.4 Å². The molecule has 0 atom stereocenters. The van der Waals surface area contributed by atoms with Crippen molar-refractivity contribution in [2.24, 2.45) is 0 Å². The van der Waals surface area contributed by atoms with E-state index < -0.39 is 5.97 Å². The van der Waals surface area contributed by atoms with E-state index in [1.165, 1.54) is 12.0 Å². The minimum absolute atomic E-state index is 0.148. The van der Waals surface area contributed by atoms with E-state index in [2.05, 4.69) is 0 Å². The van der Waals surface area contributed by atoms with Crippen molar-refractivity contribution >= 4 is 17.7 Å². The van der Waals surface area contributed by atoms with Gasteiger partial charge in [0.15, 0.2) is 0 Å². The van der Waals surface area contributed by atoms with Crippen molar-refractivity contribution in [2.75, 3.05) is 45.4 Å². The molecule has 6 heteroatoms. The SMILES string of the molecule is COC(=O)c1ccccc1N(C)C(=O)N1CCOCC1. The highest BCUT2D eigenvalue weighted by Crippen LogP contribution is 2.21. The number of para-hydroxylation sites is 1. The van der Waals surface area contributed by atoms with Gasteiger partial charge in [0.2, 0.25) is 0 Å². The molecule has 108 valence electrons. The maximum atomic E-state index is 12.4. The number of morpholine rings is 1. The summed E-state index contributed by atoms with van der Waals surface area (Å²) < 4.78 is 9.97. The van der Waals surface area contributed by atoms with Gasteiger partial charge in [-0.25, -0.2) is 9.59 Å². The predicted molar refractivity (Wildman–Crippen MR) is 74.0 cm³/mol. The van der Waals surface area contributed by atoms with Gasteiger partial charge in [0.1, 0.15) is 0 Å². The second-order valence-corrected chi connectivity index (χ2v) is 4.45. The Morgan fingerprint density at radius 1 is 1.25 bits per heavy atom. The molecule has 1 aliphatic heterocycles. The molecule has 1 aromatic rings. The number of urea groups is 1. The Kier molecular flexibility index (Phi) is 4.57. The molecule has 0 radical (unpaired) electrons. The van der Waals surface area contributed by atoms with Crippen LogP contribution in [0.25, 0.3) is 0 Å². The normalized spacial score (nSPS) is 14.8. The number of carbonyl (C=O) groups is 2. The summed E-state index contributed by atoms with van der Waals surface area (Å²) in [4.78, 5) is 27.3. The molecule has 0 N–H and O–H groups in total. The number of anilines is 1. The topological polar surface area (TPSA) is 59.1 Å². The highest BCUT2D eigenvalue weighted by Gasteiger charge is 2.24. The molecule has 0 aliphatic carbocycles. The zero-order valence-electron chi connectivity index (χ0n) is 11.7. The van der Waals surface area contributed by atoms with E-state index in [4.69, 9.17) is 9.47 Å². The fraction of sp³-hybridized carbons (Fsp3) is 0.429. The first-order chi connectivity index (χ1) is 9.65. The number of esters is 1. The van der Waals surface area contributed by atoms with E-state index in [1.807, 2.05) is 0 Å². The highest BCUT2D eigenvalue weighted by atomic mass is 16.5. The molecule has 2 rings (SSSR count). The molecule has 1 heterocycles. The first-order valence-corrected chi connectivity index (χ1v) is 6.43. The van der Waals surface area contributed by atoms with E-state index in [9.17, 15) is 9.59 Å². The van der Waals surface area contributed by atoms with Crippen LogP contribution in [-0.4, -0.2) is 57.4 Å². The van der Waals surface area contributed by atoms with Crippen molar-refractivity contribution < 1.29 is 19.1 Å². The summed E-state index contributed by atoms with van der Waals surface area (Å²) in [6, 6.07) is 6.74. The van der Waals surface area contributed by atoms with Gasteiger partial charge in [0.05, 0.1) is 31.6 Å². The van der Waals surface area contributed by atoms with Crippen molar-refractivity contribution in [3.63, 3.8) is 0 Å². The quantitative estimate of drug-likeness (QED) is 0.766. The third-order valence-corrected chi connectivity index (χ3v) is 3.24. The minimum atomic E-state index is -0.456. The average Bonchev–Trinajstić information content (AvgIpc) is 2.53. The highest BCUT2D eigenvalue weighted by molar-refractivity contribution is 6.01. The molecule has 6 nitrogen and oxygen atoms in total. The van der Waals surface area contributed by atoms with Crippen LogP contribution >= 0.6 is 0 Å². The lowest BCUT2D eigenvalue weighted by atomic mass is 10.1. The van der Waals surface area contributed by atoms with Crippen LogP contribution in [0.2, 0.25) is 0 Å². The van der Waals surface area contributed by atoms with Gasteiger partial charge in [-0.3, -0.25) is 4.90 Å². The Balaban J connectivity index is 2.21. The summed E-state index contributed by atoms with van der Waals surface area (Å²) in [6.07, 6.45) is 0.